The number of anilines is 1. The Morgan fingerprint density at radius 2 is 2.09 bits per heavy atom. The number of carbonyl (C=O) groups is 2. The maximum atomic E-state index is 13.2. The Morgan fingerprint density at radius 3 is 2.59 bits per heavy atom. The number of amides is 3. The summed E-state index contributed by atoms with van der Waals surface area (Å²) in [5, 5.41) is 15.4. The van der Waals surface area contributed by atoms with Crippen molar-refractivity contribution < 1.29 is 18.9 Å². The van der Waals surface area contributed by atoms with Crippen molar-refractivity contribution in [1.82, 2.24) is 5.32 Å². The minimum atomic E-state index is -1.00. The van der Waals surface area contributed by atoms with Gasteiger partial charge in [0.05, 0.1) is 4.92 Å². The number of nitrogens with two attached hydrogens (primary N) is 1. The van der Waals surface area contributed by atoms with Gasteiger partial charge in [0.2, 0.25) is 11.7 Å². The van der Waals surface area contributed by atoms with Crippen molar-refractivity contribution in [3.8, 4) is 0 Å². The lowest BCUT2D eigenvalue weighted by Gasteiger charge is -2.22. The Kier molecular flexibility index (Phi) is 5.79. The Balaban J connectivity index is 2.96. The normalized spacial score (nSPS) is 13.0. The van der Waals surface area contributed by atoms with E-state index in [9.17, 15) is 24.1 Å². The third kappa shape index (κ3) is 4.40. The third-order valence-corrected chi connectivity index (χ3v) is 3.20. The molecule has 0 aliphatic rings. The number of nitrogens with one attached hydrogen (secondary N) is 2. The van der Waals surface area contributed by atoms with Crippen molar-refractivity contribution in [2.75, 3.05) is 5.32 Å². The average Bonchev–Trinajstić information content (AvgIpc) is 2.45. The number of nitro groups is 1. The Labute approximate surface area is 126 Å². The summed E-state index contributed by atoms with van der Waals surface area (Å²) in [5.41, 5.74) is 4.34. The molecule has 4 N–H and O–H groups in total. The van der Waals surface area contributed by atoms with Gasteiger partial charge < -0.3 is 16.4 Å². The van der Waals surface area contributed by atoms with Gasteiger partial charge >= 0.3 is 11.7 Å². The first-order valence-electron chi connectivity index (χ1n) is 6.57. The van der Waals surface area contributed by atoms with Crippen LogP contribution in [0.4, 0.5) is 20.6 Å². The molecule has 0 saturated carbocycles. The van der Waals surface area contributed by atoms with Gasteiger partial charge in [-0.15, -0.1) is 0 Å². The number of nitro benzene ring substituents is 1. The van der Waals surface area contributed by atoms with Crippen LogP contribution in [0.25, 0.3) is 0 Å². The van der Waals surface area contributed by atoms with Gasteiger partial charge in [-0.05, 0) is 18.1 Å². The van der Waals surface area contributed by atoms with Crippen LogP contribution < -0.4 is 16.4 Å². The summed E-state index contributed by atoms with van der Waals surface area (Å²) < 4.78 is 13.2. The molecule has 0 aliphatic carbocycles. The molecule has 1 rings (SSSR count). The van der Waals surface area contributed by atoms with Crippen LogP contribution in [0, 0.1) is 21.8 Å². The molecule has 0 unspecified atom stereocenters. The summed E-state index contributed by atoms with van der Waals surface area (Å²) in [6.07, 6.45) is 0.599. The van der Waals surface area contributed by atoms with Gasteiger partial charge in [0.25, 0.3) is 0 Å². The van der Waals surface area contributed by atoms with Crippen LogP contribution in [0.15, 0.2) is 18.2 Å². The minimum Gasteiger partial charge on any atom is -0.352 e. The molecule has 9 heteroatoms. The van der Waals surface area contributed by atoms with Crippen molar-refractivity contribution in [1.29, 1.82) is 0 Å². The van der Waals surface area contributed by atoms with Crippen molar-refractivity contribution >= 4 is 23.3 Å². The van der Waals surface area contributed by atoms with E-state index in [2.05, 4.69) is 10.6 Å². The van der Waals surface area contributed by atoms with Crippen LogP contribution in [0.2, 0.25) is 0 Å². The summed E-state index contributed by atoms with van der Waals surface area (Å²) in [6, 6.07) is 1.23. The van der Waals surface area contributed by atoms with Crippen LogP contribution >= 0.6 is 0 Å². The molecule has 120 valence electrons. The predicted molar refractivity (Wildman–Crippen MR) is 77.6 cm³/mol. The lowest BCUT2D eigenvalue weighted by molar-refractivity contribution is -0.387. The van der Waals surface area contributed by atoms with Crippen molar-refractivity contribution in [2.24, 2.45) is 11.7 Å². The fourth-order valence-corrected chi connectivity index (χ4v) is 1.81. The monoisotopic (exact) mass is 312 g/mol. The number of primary amides is 1. The van der Waals surface area contributed by atoms with Gasteiger partial charge in [-0.25, -0.2) is 4.79 Å². The molecular formula is C13H17FN4O4. The zero-order valence-corrected chi connectivity index (χ0v) is 12.1. The largest absolute Gasteiger partial charge is 0.352 e. The van der Waals surface area contributed by atoms with E-state index in [1.165, 1.54) is 6.07 Å². The zero-order chi connectivity index (χ0) is 16.9. The van der Waals surface area contributed by atoms with Crippen LogP contribution in [0.3, 0.4) is 0 Å². The molecule has 1 aromatic rings. The van der Waals surface area contributed by atoms with Gasteiger partial charge in [0.15, 0.2) is 0 Å². The van der Waals surface area contributed by atoms with E-state index < -0.39 is 34.4 Å². The van der Waals surface area contributed by atoms with E-state index in [1.54, 1.807) is 6.92 Å². The highest BCUT2D eigenvalue weighted by molar-refractivity contribution is 5.97. The summed E-state index contributed by atoms with van der Waals surface area (Å²) in [6.45, 7) is 3.57. The van der Waals surface area contributed by atoms with Gasteiger partial charge in [0, 0.05) is 11.8 Å². The fourth-order valence-electron chi connectivity index (χ4n) is 1.81. The number of urea groups is 1. The van der Waals surface area contributed by atoms with E-state index >= 15 is 0 Å². The topological polar surface area (TPSA) is 127 Å². The standard InChI is InChI=1S/C13H17FN4O4/c1-3-7(2)11(17-13(15)20)12(19)16-8-4-5-9(14)10(6-8)18(21)22/h4-7,11H,3H2,1-2H3,(H,16,19)(H3,15,17,20)/t7-,11-/m0/s1. The van der Waals surface area contributed by atoms with E-state index in [4.69, 9.17) is 5.73 Å². The number of halogens is 1. The highest BCUT2D eigenvalue weighted by atomic mass is 19.1. The van der Waals surface area contributed by atoms with E-state index in [0.717, 1.165) is 12.1 Å². The predicted octanol–water partition coefficient (Wildman–Crippen LogP) is 1.76. The van der Waals surface area contributed by atoms with E-state index in [1.807, 2.05) is 6.92 Å². The summed E-state index contributed by atoms with van der Waals surface area (Å²) in [4.78, 5) is 32.9. The molecular weight excluding hydrogens is 295 g/mol. The Bertz CT molecular complexity index is 593. The molecule has 0 saturated heterocycles. The first-order chi connectivity index (χ1) is 10.3. The fraction of sp³-hybridized carbons (Fsp3) is 0.385. The number of carbonyl (C=O) groups excluding carboxylic acids is 2. The molecule has 0 spiro atoms. The van der Waals surface area contributed by atoms with Gasteiger partial charge in [-0.2, -0.15) is 4.39 Å². The summed E-state index contributed by atoms with van der Waals surface area (Å²) >= 11 is 0. The second-order valence-corrected chi connectivity index (χ2v) is 4.78. The molecule has 3 amide bonds. The number of nitrogens with zero attached hydrogens (tertiary/aromatic N) is 1. The molecule has 0 radical (unpaired) electrons. The molecule has 0 heterocycles. The molecule has 0 bridgehead atoms. The van der Waals surface area contributed by atoms with Crippen LogP contribution in [0.5, 0.6) is 0 Å². The number of benzene rings is 1. The van der Waals surface area contributed by atoms with E-state index in [-0.39, 0.29) is 11.6 Å². The zero-order valence-electron chi connectivity index (χ0n) is 12.1. The number of rotatable bonds is 6. The average molecular weight is 312 g/mol. The molecule has 0 aliphatic heterocycles. The molecule has 0 fully saturated rings. The first-order valence-corrected chi connectivity index (χ1v) is 6.57. The molecule has 8 nitrogen and oxygen atoms in total. The number of hydrogen-bond donors (Lipinski definition) is 3. The first kappa shape index (κ1) is 17.3. The van der Waals surface area contributed by atoms with Crippen LogP contribution in [0.1, 0.15) is 20.3 Å². The second kappa shape index (κ2) is 7.34. The van der Waals surface area contributed by atoms with Crippen LogP contribution in [-0.2, 0) is 4.79 Å². The Morgan fingerprint density at radius 1 is 1.45 bits per heavy atom. The van der Waals surface area contributed by atoms with Crippen molar-refractivity contribution in [3.05, 3.63) is 34.1 Å². The maximum Gasteiger partial charge on any atom is 0.312 e. The maximum absolute atomic E-state index is 13.2. The summed E-state index contributed by atoms with van der Waals surface area (Å²) in [5.74, 6) is -1.80. The van der Waals surface area contributed by atoms with Crippen LogP contribution in [-0.4, -0.2) is 22.9 Å². The molecule has 22 heavy (non-hydrogen) atoms. The quantitative estimate of drug-likeness (QED) is 0.546. The molecule has 0 aromatic heterocycles. The second-order valence-electron chi connectivity index (χ2n) is 4.78. The highest BCUT2D eigenvalue weighted by Crippen LogP contribution is 2.22. The SMILES string of the molecule is CC[C@H](C)[C@H](NC(N)=O)C(=O)Nc1ccc(F)c([N+](=O)[O-])c1. The molecule has 1 aromatic carbocycles. The Hall–Kier alpha value is -2.71. The van der Waals surface area contributed by atoms with Gasteiger partial charge in [0.1, 0.15) is 6.04 Å². The lowest BCUT2D eigenvalue weighted by Crippen LogP contribution is -2.49. The van der Waals surface area contributed by atoms with Crippen molar-refractivity contribution in [3.63, 3.8) is 0 Å². The third-order valence-electron chi connectivity index (χ3n) is 3.20. The van der Waals surface area contributed by atoms with Gasteiger partial charge in [-0.3, -0.25) is 14.9 Å². The summed E-state index contributed by atoms with van der Waals surface area (Å²) in [7, 11) is 0. The van der Waals surface area contributed by atoms with E-state index in [0.29, 0.717) is 6.42 Å². The lowest BCUT2D eigenvalue weighted by atomic mass is 9.98. The molecule has 2 atom stereocenters. The van der Waals surface area contributed by atoms with Crippen molar-refractivity contribution in [2.45, 2.75) is 26.3 Å². The highest BCUT2D eigenvalue weighted by Gasteiger charge is 2.26. The smallest absolute Gasteiger partial charge is 0.312 e. The number of hydrogen-bond acceptors (Lipinski definition) is 4. The minimum absolute atomic E-state index is 0.0534. The van der Waals surface area contributed by atoms with Gasteiger partial charge in [-0.1, -0.05) is 20.3 Å².